The molecule has 0 fully saturated rings. The number of hydrogen-bond acceptors (Lipinski definition) is 4. The maximum absolute atomic E-state index is 10.7. The zero-order valence-electron chi connectivity index (χ0n) is 28.1. The molecule has 9 rings (SSSR count). The van der Waals surface area contributed by atoms with Gasteiger partial charge in [-0.3, -0.25) is 0 Å². The average molecular weight is 682 g/mol. The second-order valence-corrected chi connectivity index (χ2v) is 13.8. The fourth-order valence-corrected chi connectivity index (χ4v) is 9.01. The summed E-state index contributed by atoms with van der Waals surface area (Å²) in [7, 11) is 0. The van der Waals surface area contributed by atoms with Crippen LogP contribution in [0.3, 0.4) is 0 Å². The molecule has 0 amide bonds. The second kappa shape index (κ2) is 12.0. The van der Waals surface area contributed by atoms with E-state index in [0.29, 0.717) is 33.5 Å². The van der Waals surface area contributed by atoms with Crippen LogP contribution >= 0.6 is 11.3 Å². The number of thiophene rings is 1. The van der Waals surface area contributed by atoms with Crippen molar-refractivity contribution >= 4 is 86.4 Å². The van der Waals surface area contributed by atoms with Crippen molar-refractivity contribution in [1.29, 1.82) is 15.8 Å². The molecule has 0 aliphatic rings. The van der Waals surface area contributed by atoms with Gasteiger partial charge in [0.1, 0.15) is 6.07 Å². The third-order valence-corrected chi connectivity index (χ3v) is 11.2. The minimum Gasteiger partial charge on any atom is -0.312 e. The molecule has 5 nitrogen and oxygen atoms in total. The van der Waals surface area contributed by atoms with Crippen LogP contribution in [0.5, 0.6) is 0 Å². The van der Waals surface area contributed by atoms with Crippen molar-refractivity contribution in [2.24, 2.45) is 0 Å². The van der Waals surface area contributed by atoms with E-state index in [1.165, 1.54) is 20.2 Å². The van der Waals surface area contributed by atoms with Crippen molar-refractivity contribution in [3.8, 4) is 23.9 Å². The van der Waals surface area contributed by atoms with Crippen LogP contribution in [0.2, 0.25) is 0 Å². The van der Waals surface area contributed by atoms with Crippen LogP contribution in [0.25, 0.3) is 80.7 Å². The molecule has 0 N–H and O–H groups in total. The van der Waals surface area contributed by atoms with Crippen molar-refractivity contribution in [2.75, 3.05) is 0 Å². The van der Waals surface area contributed by atoms with Crippen molar-refractivity contribution in [3.05, 3.63) is 162 Å². The zero-order chi connectivity index (χ0) is 35.5. The van der Waals surface area contributed by atoms with Crippen LogP contribution in [-0.2, 0) is 0 Å². The highest BCUT2D eigenvalue weighted by molar-refractivity contribution is 7.26. The topological polar surface area (TPSA) is 81.2 Å². The minimum atomic E-state index is 0.340. The van der Waals surface area contributed by atoms with Gasteiger partial charge >= 0.3 is 0 Å². The molecule has 6 aromatic carbocycles. The van der Waals surface area contributed by atoms with Gasteiger partial charge < -0.3 is 9.13 Å². The lowest BCUT2D eigenvalue weighted by atomic mass is 9.93. The maximum atomic E-state index is 10.7. The predicted molar refractivity (Wildman–Crippen MR) is 215 cm³/mol. The van der Waals surface area contributed by atoms with Crippen LogP contribution in [-0.4, -0.2) is 9.13 Å². The molecule has 0 saturated carbocycles. The number of aromatic nitrogens is 2. The van der Waals surface area contributed by atoms with Crippen LogP contribution in [0.15, 0.2) is 146 Å². The van der Waals surface area contributed by atoms with Gasteiger partial charge in [-0.1, -0.05) is 97.6 Å². The lowest BCUT2D eigenvalue weighted by Crippen LogP contribution is -2.02. The molecule has 0 unspecified atom stereocenters. The molecule has 3 heterocycles. The summed E-state index contributed by atoms with van der Waals surface area (Å²) in [5.41, 5.74) is 7.47. The van der Waals surface area contributed by atoms with Gasteiger partial charge in [0.2, 0.25) is 0 Å². The Kier molecular flexibility index (Phi) is 7.13. The number of benzene rings is 6. The molecule has 0 aliphatic carbocycles. The van der Waals surface area contributed by atoms with E-state index in [9.17, 15) is 15.8 Å². The fourth-order valence-electron chi connectivity index (χ4n) is 7.77. The first-order valence-electron chi connectivity index (χ1n) is 16.8. The highest BCUT2D eigenvalue weighted by atomic mass is 32.1. The van der Waals surface area contributed by atoms with Gasteiger partial charge in [0, 0.05) is 53.9 Å². The molecule has 0 aliphatic heterocycles. The van der Waals surface area contributed by atoms with E-state index >= 15 is 0 Å². The van der Waals surface area contributed by atoms with Crippen LogP contribution < -0.4 is 0 Å². The Balaban J connectivity index is 1.28. The van der Waals surface area contributed by atoms with Crippen molar-refractivity contribution in [1.82, 2.24) is 9.13 Å². The summed E-state index contributed by atoms with van der Waals surface area (Å²) in [6.45, 7) is 6.09. The smallest absolute Gasteiger partial charge is 0.101 e. The van der Waals surface area contributed by atoms with E-state index in [0.717, 1.165) is 49.3 Å². The number of allylic oxidation sites excluding steroid dienone is 5. The van der Waals surface area contributed by atoms with Gasteiger partial charge in [-0.25, -0.2) is 0 Å². The highest BCUT2D eigenvalue weighted by Crippen LogP contribution is 2.43. The monoisotopic (exact) mass is 681 g/mol. The first-order chi connectivity index (χ1) is 25.6. The summed E-state index contributed by atoms with van der Waals surface area (Å²) >= 11 is 1.77. The van der Waals surface area contributed by atoms with Crippen molar-refractivity contribution in [2.45, 2.75) is 6.92 Å². The van der Waals surface area contributed by atoms with Gasteiger partial charge in [-0.15, -0.1) is 11.3 Å². The van der Waals surface area contributed by atoms with Gasteiger partial charge in [0.05, 0.1) is 61.3 Å². The molecular weight excluding hydrogens is 655 g/mol. The van der Waals surface area contributed by atoms with E-state index in [4.69, 9.17) is 0 Å². The molecule has 9 aromatic rings. The molecule has 3 aromatic heterocycles. The van der Waals surface area contributed by atoms with Crippen LogP contribution in [0, 0.1) is 34.0 Å². The third kappa shape index (κ3) is 4.45. The Bertz CT molecular complexity index is 3140. The first kappa shape index (κ1) is 30.9. The Morgan fingerprint density at radius 2 is 1.23 bits per heavy atom. The van der Waals surface area contributed by atoms with E-state index in [2.05, 4.69) is 96.1 Å². The summed E-state index contributed by atoms with van der Waals surface area (Å²) in [5.74, 6) is 0. The number of nitriles is 3. The second-order valence-electron chi connectivity index (χ2n) is 12.7. The number of para-hydroxylation sites is 3. The average Bonchev–Trinajstić information content (AvgIpc) is 3.85. The molecule has 0 radical (unpaired) electrons. The standard InChI is InChI=1S/C46H27N5S/c1-3-32(39-23-31(27-49)43(24-30(39)26-48)51-41-17-9-4-12-33(41)34-13-5-10-18-42(34)51)29(25-47)22-28(2)50-40-16-8-6-14-35(40)37-20-21-38-36-15-7-11-19-44(36)52-46(38)45(37)50/h3-24H,1H2,2H3/b28-22+,32-29-. The van der Waals surface area contributed by atoms with Crippen molar-refractivity contribution in [3.63, 3.8) is 0 Å². The number of rotatable bonds is 5. The summed E-state index contributed by atoms with van der Waals surface area (Å²) < 4.78 is 6.67. The molecular formula is C46H27N5S. The lowest BCUT2D eigenvalue weighted by molar-refractivity contribution is 1.16. The first-order valence-corrected chi connectivity index (χ1v) is 17.6. The Morgan fingerprint density at radius 1 is 0.654 bits per heavy atom. The number of hydrogen-bond donors (Lipinski definition) is 0. The van der Waals surface area contributed by atoms with E-state index in [1.54, 1.807) is 29.5 Å². The molecule has 0 atom stereocenters. The van der Waals surface area contributed by atoms with Gasteiger partial charge in [-0.05, 0) is 49.4 Å². The molecule has 52 heavy (non-hydrogen) atoms. The summed E-state index contributed by atoms with van der Waals surface area (Å²) in [6, 6.07) is 47.9. The van der Waals surface area contributed by atoms with Gasteiger partial charge in [-0.2, -0.15) is 15.8 Å². The van der Waals surface area contributed by atoms with E-state index in [-0.39, 0.29) is 0 Å². The summed E-state index contributed by atoms with van der Waals surface area (Å²) in [6.07, 6.45) is 3.47. The fraction of sp³-hybridized carbons (Fsp3) is 0.0217. The Morgan fingerprint density at radius 3 is 1.87 bits per heavy atom. The number of fused-ring (bicyclic) bond motifs is 10. The quantitative estimate of drug-likeness (QED) is 0.134. The molecule has 0 bridgehead atoms. The van der Waals surface area contributed by atoms with Crippen LogP contribution in [0.1, 0.15) is 23.6 Å². The number of nitrogens with zero attached hydrogens (tertiary/aromatic N) is 5. The third-order valence-electron chi connectivity index (χ3n) is 9.99. The Labute approximate surface area is 303 Å². The van der Waals surface area contributed by atoms with E-state index < -0.39 is 0 Å². The molecule has 242 valence electrons. The Hall–Kier alpha value is -7.17. The zero-order valence-corrected chi connectivity index (χ0v) is 28.9. The maximum Gasteiger partial charge on any atom is 0.101 e. The van der Waals surface area contributed by atoms with Crippen molar-refractivity contribution < 1.29 is 0 Å². The lowest BCUT2D eigenvalue weighted by Gasteiger charge is -2.15. The minimum absolute atomic E-state index is 0.340. The molecule has 0 spiro atoms. The van der Waals surface area contributed by atoms with Gasteiger partial charge in [0.15, 0.2) is 0 Å². The van der Waals surface area contributed by atoms with E-state index in [1.807, 2.05) is 60.0 Å². The molecule has 0 saturated heterocycles. The summed E-state index contributed by atoms with van der Waals surface area (Å²) in [4.78, 5) is 0. The largest absolute Gasteiger partial charge is 0.312 e. The van der Waals surface area contributed by atoms with Crippen LogP contribution in [0.4, 0.5) is 0 Å². The predicted octanol–water partition coefficient (Wildman–Crippen LogP) is 12.0. The highest BCUT2D eigenvalue weighted by Gasteiger charge is 2.21. The molecule has 6 heteroatoms. The normalized spacial score (nSPS) is 12.4. The SMILES string of the molecule is C=C/C(=C(C#N)\C=C(/C)n1c2ccccc2c2ccc3c4ccccc4sc3c21)c1cc(C#N)c(-n2c3ccccc3c3ccccc32)cc1C#N. The summed E-state index contributed by atoms with van der Waals surface area (Å²) in [5, 5.41) is 38.6. The van der Waals surface area contributed by atoms with Gasteiger partial charge in [0.25, 0.3) is 0 Å².